The summed E-state index contributed by atoms with van der Waals surface area (Å²) in [6.07, 6.45) is 0. The van der Waals surface area contributed by atoms with Gasteiger partial charge in [0.15, 0.2) is 0 Å². The van der Waals surface area contributed by atoms with E-state index in [1.54, 1.807) is 8.97 Å². The fraction of sp³-hybridized carbons (Fsp3) is 0.350. The van der Waals surface area contributed by atoms with Crippen LogP contribution in [0.3, 0.4) is 0 Å². The zero-order valence-corrected chi connectivity index (χ0v) is 16.7. The van der Waals surface area contributed by atoms with E-state index in [2.05, 4.69) is 23.3 Å². The molecule has 140 valence electrons. The smallest absolute Gasteiger partial charge is 0.275 e. The molecule has 0 atom stereocenters. The van der Waals surface area contributed by atoms with E-state index >= 15 is 0 Å². The van der Waals surface area contributed by atoms with Crippen LogP contribution in [0.2, 0.25) is 0 Å². The quantitative estimate of drug-likeness (QED) is 0.545. The first kappa shape index (κ1) is 17.7. The lowest BCUT2D eigenvalue weighted by atomic mass is 10.1. The van der Waals surface area contributed by atoms with E-state index in [-0.39, 0.29) is 17.2 Å². The van der Waals surface area contributed by atoms with Gasteiger partial charge in [-0.25, -0.2) is 13.9 Å². The molecule has 3 aromatic heterocycles. The van der Waals surface area contributed by atoms with Gasteiger partial charge in [0, 0.05) is 6.54 Å². The van der Waals surface area contributed by atoms with Crippen LogP contribution in [0.15, 0.2) is 39.2 Å². The van der Waals surface area contributed by atoms with Crippen molar-refractivity contribution in [2.75, 3.05) is 0 Å². The van der Waals surface area contributed by atoms with Crippen LogP contribution in [0, 0.1) is 19.8 Å². The van der Waals surface area contributed by atoms with Crippen molar-refractivity contribution in [1.29, 1.82) is 0 Å². The average molecular weight is 382 g/mol. The zero-order valence-electron chi connectivity index (χ0n) is 15.9. The summed E-state index contributed by atoms with van der Waals surface area (Å²) in [7, 11) is 0. The second kappa shape index (κ2) is 6.49. The van der Waals surface area contributed by atoms with Gasteiger partial charge in [-0.1, -0.05) is 37.6 Å². The van der Waals surface area contributed by atoms with Crippen LogP contribution in [0.1, 0.15) is 30.5 Å². The van der Waals surface area contributed by atoms with Gasteiger partial charge in [0.1, 0.15) is 4.70 Å². The first-order chi connectivity index (χ1) is 12.9. The van der Waals surface area contributed by atoms with Crippen molar-refractivity contribution in [3.05, 3.63) is 67.2 Å². The van der Waals surface area contributed by atoms with Crippen molar-refractivity contribution in [3.63, 3.8) is 0 Å². The van der Waals surface area contributed by atoms with Crippen LogP contribution in [0.5, 0.6) is 0 Å². The molecule has 4 aromatic rings. The third-order valence-electron chi connectivity index (χ3n) is 4.76. The molecule has 0 radical (unpaired) electrons. The van der Waals surface area contributed by atoms with Gasteiger partial charge in [-0.05, 0) is 42.3 Å². The molecular formula is C20H22N4O2S. The maximum Gasteiger partial charge on any atom is 0.352 e. The molecule has 0 spiro atoms. The van der Waals surface area contributed by atoms with Gasteiger partial charge in [-0.3, -0.25) is 9.36 Å². The topological polar surface area (TPSA) is 61.3 Å². The molecule has 6 nitrogen and oxygen atoms in total. The minimum Gasteiger partial charge on any atom is -0.275 e. The number of thiophene rings is 1. The summed E-state index contributed by atoms with van der Waals surface area (Å²) < 4.78 is 5.26. The SMILES string of the molecule is Cc1ccc(C)c(Cn2nc3n(CC(C)C)c(=O)c4sccc4n3c2=O)c1. The van der Waals surface area contributed by atoms with E-state index in [0.717, 1.165) is 16.7 Å². The molecule has 3 heterocycles. The summed E-state index contributed by atoms with van der Waals surface area (Å²) >= 11 is 1.37. The maximum absolute atomic E-state index is 13.1. The third-order valence-corrected chi connectivity index (χ3v) is 5.65. The Morgan fingerprint density at radius 2 is 1.93 bits per heavy atom. The molecule has 4 rings (SSSR count). The third kappa shape index (κ3) is 2.92. The molecule has 0 saturated carbocycles. The van der Waals surface area contributed by atoms with Crippen molar-refractivity contribution in [2.24, 2.45) is 5.92 Å². The van der Waals surface area contributed by atoms with Crippen molar-refractivity contribution in [3.8, 4) is 0 Å². The minimum absolute atomic E-state index is 0.0786. The molecule has 1 aromatic carbocycles. The number of rotatable bonds is 4. The first-order valence-corrected chi connectivity index (χ1v) is 9.90. The molecule has 7 heteroatoms. The Morgan fingerprint density at radius 1 is 1.15 bits per heavy atom. The Labute approximate surface area is 160 Å². The normalized spacial score (nSPS) is 11.9. The summed E-state index contributed by atoms with van der Waals surface area (Å²) in [5.74, 6) is 0.679. The molecule has 0 aliphatic carbocycles. The van der Waals surface area contributed by atoms with Crippen LogP contribution in [0.4, 0.5) is 0 Å². The largest absolute Gasteiger partial charge is 0.352 e. The van der Waals surface area contributed by atoms with Crippen LogP contribution in [0.25, 0.3) is 16.0 Å². The van der Waals surface area contributed by atoms with E-state index < -0.39 is 0 Å². The number of hydrogen-bond acceptors (Lipinski definition) is 4. The van der Waals surface area contributed by atoms with Gasteiger partial charge in [0.05, 0.1) is 12.1 Å². The van der Waals surface area contributed by atoms with Gasteiger partial charge in [-0.15, -0.1) is 16.4 Å². The lowest BCUT2D eigenvalue weighted by Crippen LogP contribution is -2.27. The molecule has 0 aliphatic rings. The number of nitrogens with zero attached hydrogens (tertiary/aromatic N) is 4. The fourth-order valence-electron chi connectivity index (χ4n) is 3.40. The van der Waals surface area contributed by atoms with Gasteiger partial charge in [-0.2, -0.15) is 0 Å². The summed E-state index contributed by atoms with van der Waals surface area (Å²) in [5.41, 5.74) is 3.66. The summed E-state index contributed by atoms with van der Waals surface area (Å²) in [5, 5.41) is 6.40. The highest BCUT2D eigenvalue weighted by Crippen LogP contribution is 2.18. The van der Waals surface area contributed by atoms with Crippen molar-refractivity contribution in [2.45, 2.75) is 40.8 Å². The lowest BCUT2D eigenvalue weighted by molar-refractivity contribution is 0.516. The average Bonchev–Trinajstić information content (AvgIpc) is 3.20. The Morgan fingerprint density at radius 3 is 2.67 bits per heavy atom. The molecule has 0 amide bonds. The van der Waals surface area contributed by atoms with E-state index in [0.29, 0.717) is 29.1 Å². The van der Waals surface area contributed by atoms with E-state index in [4.69, 9.17) is 0 Å². The Kier molecular flexibility index (Phi) is 4.26. The van der Waals surface area contributed by atoms with Gasteiger partial charge >= 0.3 is 5.69 Å². The fourth-order valence-corrected chi connectivity index (χ4v) is 4.22. The number of benzene rings is 1. The van der Waals surface area contributed by atoms with E-state index in [9.17, 15) is 9.59 Å². The highest BCUT2D eigenvalue weighted by atomic mass is 32.1. The van der Waals surface area contributed by atoms with Gasteiger partial charge in [0.2, 0.25) is 5.78 Å². The molecule has 0 saturated heterocycles. The minimum atomic E-state index is -0.216. The lowest BCUT2D eigenvalue weighted by Gasteiger charge is -2.09. The van der Waals surface area contributed by atoms with Crippen molar-refractivity contribution in [1.82, 2.24) is 18.7 Å². The molecule has 27 heavy (non-hydrogen) atoms. The standard InChI is InChI=1S/C20H22N4O2S/c1-12(2)10-22-18(25)17-16(7-8-27-17)24-19(22)21-23(20(24)26)11-15-9-13(3)5-6-14(15)4/h5-9,12H,10-11H2,1-4H3. The first-order valence-electron chi connectivity index (χ1n) is 9.02. The predicted octanol–water partition coefficient (Wildman–Crippen LogP) is 3.19. The Balaban J connectivity index is 1.99. The van der Waals surface area contributed by atoms with Crippen LogP contribution in [-0.2, 0) is 13.1 Å². The van der Waals surface area contributed by atoms with Crippen LogP contribution >= 0.6 is 11.3 Å². The molecule has 0 fully saturated rings. The number of hydrogen-bond donors (Lipinski definition) is 0. The number of fused-ring (bicyclic) bond motifs is 3. The molecule has 0 aliphatic heterocycles. The van der Waals surface area contributed by atoms with E-state index in [1.165, 1.54) is 16.0 Å². The maximum atomic E-state index is 13.1. The Hall–Kier alpha value is -2.67. The predicted molar refractivity (Wildman–Crippen MR) is 109 cm³/mol. The van der Waals surface area contributed by atoms with Gasteiger partial charge in [0.25, 0.3) is 5.56 Å². The van der Waals surface area contributed by atoms with Crippen molar-refractivity contribution >= 4 is 27.3 Å². The highest BCUT2D eigenvalue weighted by Gasteiger charge is 2.19. The Bertz CT molecular complexity index is 1270. The number of aromatic nitrogens is 4. The summed E-state index contributed by atoms with van der Waals surface area (Å²) in [6.45, 7) is 9.07. The molecule has 0 N–H and O–H groups in total. The molecule has 0 bridgehead atoms. The van der Waals surface area contributed by atoms with Crippen molar-refractivity contribution < 1.29 is 0 Å². The molecule has 0 unspecified atom stereocenters. The second-order valence-electron chi connectivity index (χ2n) is 7.45. The summed E-state index contributed by atoms with van der Waals surface area (Å²) in [4.78, 5) is 26.1. The van der Waals surface area contributed by atoms with Gasteiger partial charge < -0.3 is 0 Å². The number of aryl methyl sites for hydroxylation is 2. The van der Waals surface area contributed by atoms with Crippen LogP contribution < -0.4 is 11.2 Å². The summed E-state index contributed by atoms with van der Waals surface area (Å²) in [6, 6.07) is 8.00. The molecular weight excluding hydrogens is 360 g/mol. The second-order valence-corrected chi connectivity index (χ2v) is 8.37. The highest BCUT2D eigenvalue weighted by molar-refractivity contribution is 7.17. The zero-order chi connectivity index (χ0) is 19.3. The van der Waals surface area contributed by atoms with E-state index in [1.807, 2.05) is 39.1 Å². The van der Waals surface area contributed by atoms with Crippen LogP contribution in [-0.4, -0.2) is 18.7 Å². The monoisotopic (exact) mass is 382 g/mol.